The maximum absolute atomic E-state index is 12.4. The number of carbonyl (C=O) groups is 2. The van der Waals surface area contributed by atoms with Crippen LogP contribution in [0.3, 0.4) is 0 Å². The Morgan fingerprint density at radius 3 is 2.32 bits per heavy atom. The molecule has 0 spiro atoms. The van der Waals surface area contributed by atoms with Gasteiger partial charge in [-0.25, -0.2) is 0 Å². The molecule has 0 heterocycles. The van der Waals surface area contributed by atoms with Crippen LogP contribution < -0.4 is 10.6 Å². The SMILES string of the molecule is Cc1ccc([C@H](CNC(=O)[C@H](C)NC(=O)C2CCCC2)N(C)C)cc1. The third-order valence-electron chi connectivity index (χ3n) is 5.03. The van der Waals surface area contributed by atoms with Crippen LogP contribution in [0.2, 0.25) is 0 Å². The molecule has 5 heteroatoms. The van der Waals surface area contributed by atoms with Crippen molar-refractivity contribution in [1.29, 1.82) is 0 Å². The summed E-state index contributed by atoms with van der Waals surface area (Å²) in [6.07, 6.45) is 4.10. The number of carbonyl (C=O) groups excluding carboxylic acids is 2. The minimum Gasteiger partial charge on any atom is -0.352 e. The van der Waals surface area contributed by atoms with E-state index >= 15 is 0 Å². The smallest absolute Gasteiger partial charge is 0.242 e. The Kier molecular flexibility index (Phi) is 7.00. The zero-order valence-corrected chi connectivity index (χ0v) is 15.8. The van der Waals surface area contributed by atoms with Gasteiger partial charge < -0.3 is 15.5 Å². The van der Waals surface area contributed by atoms with E-state index in [1.165, 1.54) is 11.1 Å². The van der Waals surface area contributed by atoms with Crippen molar-refractivity contribution in [3.8, 4) is 0 Å². The average molecular weight is 345 g/mol. The Balaban J connectivity index is 1.87. The largest absolute Gasteiger partial charge is 0.352 e. The van der Waals surface area contributed by atoms with Crippen molar-refractivity contribution in [2.45, 2.75) is 51.6 Å². The summed E-state index contributed by atoms with van der Waals surface area (Å²) >= 11 is 0. The fraction of sp³-hybridized carbons (Fsp3) is 0.600. The number of nitrogens with one attached hydrogen (secondary N) is 2. The predicted octanol–water partition coefficient (Wildman–Crippen LogP) is 2.41. The van der Waals surface area contributed by atoms with Gasteiger partial charge in [-0.15, -0.1) is 0 Å². The van der Waals surface area contributed by atoms with Crippen LogP contribution in [0.15, 0.2) is 24.3 Å². The monoisotopic (exact) mass is 345 g/mol. The molecule has 1 saturated carbocycles. The van der Waals surface area contributed by atoms with Crippen LogP contribution in [0.5, 0.6) is 0 Å². The fourth-order valence-corrected chi connectivity index (χ4v) is 3.32. The number of nitrogens with zero attached hydrogens (tertiary/aromatic N) is 1. The van der Waals surface area contributed by atoms with Crippen molar-refractivity contribution in [1.82, 2.24) is 15.5 Å². The number of hydrogen-bond acceptors (Lipinski definition) is 3. The van der Waals surface area contributed by atoms with Gasteiger partial charge in [-0.3, -0.25) is 9.59 Å². The van der Waals surface area contributed by atoms with Crippen molar-refractivity contribution in [3.05, 3.63) is 35.4 Å². The maximum atomic E-state index is 12.4. The van der Waals surface area contributed by atoms with Crippen molar-refractivity contribution >= 4 is 11.8 Å². The first kappa shape index (κ1) is 19.4. The van der Waals surface area contributed by atoms with Gasteiger partial charge in [-0.2, -0.15) is 0 Å². The molecule has 1 aliphatic carbocycles. The van der Waals surface area contributed by atoms with E-state index in [0.717, 1.165) is 25.7 Å². The molecule has 1 aromatic carbocycles. The molecule has 5 nitrogen and oxygen atoms in total. The minimum absolute atomic E-state index is 0.0165. The second-order valence-electron chi connectivity index (χ2n) is 7.35. The lowest BCUT2D eigenvalue weighted by atomic mass is 10.0. The summed E-state index contributed by atoms with van der Waals surface area (Å²) in [5, 5.41) is 5.83. The molecule has 0 saturated heterocycles. The van der Waals surface area contributed by atoms with E-state index in [9.17, 15) is 9.59 Å². The minimum atomic E-state index is -0.506. The van der Waals surface area contributed by atoms with E-state index in [0.29, 0.717) is 6.54 Å². The molecule has 138 valence electrons. The molecule has 2 atom stereocenters. The second-order valence-corrected chi connectivity index (χ2v) is 7.35. The van der Waals surface area contributed by atoms with Crippen LogP contribution in [-0.2, 0) is 9.59 Å². The zero-order valence-electron chi connectivity index (χ0n) is 15.8. The van der Waals surface area contributed by atoms with Gasteiger partial charge in [-0.05, 0) is 46.3 Å². The zero-order chi connectivity index (χ0) is 18.4. The third kappa shape index (κ3) is 5.56. The Bertz CT molecular complexity index is 577. The Morgan fingerprint density at radius 2 is 1.76 bits per heavy atom. The summed E-state index contributed by atoms with van der Waals surface area (Å²) in [6.45, 7) is 4.32. The highest BCUT2D eigenvalue weighted by atomic mass is 16.2. The molecule has 1 fully saturated rings. The number of hydrogen-bond donors (Lipinski definition) is 2. The molecule has 2 N–H and O–H groups in total. The van der Waals surface area contributed by atoms with Crippen molar-refractivity contribution < 1.29 is 9.59 Å². The average Bonchev–Trinajstić information content (AvgIpc) is 3.10. The summed E-state index contributed by atoms with van der Waals surface area (Å²) in [5.41, 5.74) is 2.38. The predicted molar refractivity (Wildman–Crippen MR) is 100 cm³/mol. The first-order valence-electron chi connectivity index (χ1n) is 9.19. The molecule has 0 aliphatic heterocycles. The van der Waals surface area contributed by atoms with Crippen LogP contribution in [-0.4, -0.2) is 43.4 Å². The summed E-state index contributed by atoms with van der Waals surface area (Å²) in [5.74, 6) is -0.0366. The molecule has 1 aromatic rings. The topological polar surface area (TPSA) is 61.4 Å². The third-order valence-corrected chi connectivity index (χ3v) is 5.03. The van der Waals surface area contributed by atoms with Gasteiger partial charge in [0, 0.05) is 12.5 Å². The molecular formula is C20H31N3O2. The van der Waals surface area contributed by atoms with Gasteiger partial charge in [0.25, 0.3) is 0 Å². The normalized spacial score (nSPS) is 17.3. The number of benzene rings is 1. The summed E-state index contributed by atoms with van der Waals surface area (Å²) in [6, 6.07) is 7.95. The van der Waals surface area contributed by atoms with Gasteiger partial charge in [0.2, 0.25) is 11.8 Å². The van der Waals surface area contributed by atoms with Gasteiger partial charge in [0.1, 0.15) is 6.04 Å². The fourth-order valence-electron chi connectivity index (χ4n) is 3.32. The second kappa shape index (κ2) is 8.99. The lowest BCUT2D eigenvalue weighted by Gasteiger charge is -2.26. The standard InChI is InChI=1S/C20H31N3O2/c1-14-9-11-16(12-10-14)18(23(3)4)13-21-19(24)15(2)22-20(25)17-7-5-6-8-17/h9-12,15,17-18H,5-8,13H2,1-4H3,(H,21,24)(H,22,25)/t15-,18-/m0/s1. The summed E-state index contributed by atoms with van der Waals surface area (Å²) < 4.78 is 0. The number of amides is 2. The quantitative estimate of drug-likeness (QED) is 0.798. The Labute approximate surface area is 151 Å². The molecule has 25 heavy (non-hydrogen) atoms. The number of likely N-dealkylation sites (N-methyl/N-ethyl adjacent to an activating group) is 1. The first-order chi connectivity index (χ1) is 11.9. The molecule has 0 bridgehead atoms. The number of aryl methyl sites for hydroxylation is 1. The highest BCUT2D eigenvalue weighted by Crippen LogP contribution is 2.24. The molecule has 1 aliphatic rings. The molecule has 2 rings (SSSR count). The maximum Gasteiger partial charge on any atom is 0.242 e. The Hall–Kier alpha value is -1.88. The van der Waals surface area contributed by atoms with E-state index in [1.54, 1.807) is 6.92 Å². The lowest BCUT2D eigenvalue weighted by molar-refractivity contribution is -0.130. The van der Waals surface area contributed by atoms with Crippen molar-refractivity contribution in [2.75, 3.05) is 20.6 Å². The highest BCUT2D eigenvalue weighted by molar-refractivity contribution is 5.88. The van der Waals surface area contributed by atoms with Crippen molar-refractivity contribution in [2.24, 2.45) is 5.92 Å². The van der Waals surface area contributed by atoms with E-state index in [1.807, 2.05) is 14.1 Å². The van der Waals surface area contributed by atoms with Crippen LogP contribution in [0.25, 0.3) is 0 Å². The molecule has 0 unspecified atom stereocenters. The van der Waals surface area contributed by atoms with Crippen LogP contribution in [0, 0.1) is 12.8 Å². The van der Waals surface area contributed by atoms with Gasteiger partial charge in [-0.1, -0.05) is 42.7 Å². The van der Waals surface area contributed by atoms with Gasteiger partial charge in [0.05, 0.1) is 6.04 Å². The van der Waals surface area contributed by atoms with Crippen LogP contribution >= 0.6 is 0 Å². The molecule has 0 aromatic heterocycles. The van der Waals surface area contributed by atoms with Crippen LogP contribution in [0.1, 0.15) is 49.8 Å². The van der Waals surface area contributed by atoms with Crippen molar-refractivity contribution in [3.63, 3.8) is 0 Å². The summed E-state index contributed by atoms with van der Waals surface area (Å²) in [4.78, 5) is 26.6. The van der Waals surface area contributed by atoms with E-state index in [-0.39, 0.29) is 23.8 Å². The van der Waals surface area contributed by atoms with Crippen LogP contribution in [0.4, 0.5) is 0 Å². The highest BCUT2D eigenvalue weighted by Gasteiger charge is 2.26. The molecule has 2 amide bonds. The first-order valence-corrected chi connectivity index (χ1v) is 9.19. The van der Waals surface area contributed by atoms with E-state index < -0.39 is 6.04 Å². The van der Waals surface area contributed by atoms with E-state index in [4.69, 9.17) is 0 Å². The summed E-state index contributed by atoms with van der Waals surface area (Å²) in [7, 11) is 4.00. The molecular weight excluding hydrogens is 314 g/mol. The number of rotatable bonds is 7. The Morgan fingerprint density at radius 1 is 1.16 bits per heavy atom. The van der Waals surface area contributed by atoms with Gasteiger partial charge in [0.15, 0.2) is 0 Å². The molecule has 0 radical (unpaired) electrons. The van der Waals surface area contributed by atoms with Gasteiger partial charge >= 0.3 is 0 Å². The van der Waals surface area contributed by atoms with E-state index in [2.05, 4.69) is 46.7 Å². The lowest BCUT2D eigenvalue weighted by Crippen LogP contribution is -2.48.